The molecule has 0 unspecified atom stereocenters. The predicted octanol–water partition coefficient (Wildman–Crippen LogP) is 3.76. The van der Waals surface area contributed by atoms with Crippen molar-refractivity contribution in [2.24, 2.45) is 0 Å². The first-order valence-electron chi connectivity index (χ1n) is 12.7. The summed E-state index contributed by atoms with van der Waals surface area (Å²) in [7, 11) is 0. The van der Waals surface area contributed by atoms with Gasteiger partial charge in [-0.15, -0.1) is 0 Å². The van der Waals surface area contributed by atoms with Crippen LogP contribution in [0.5, 0.6) is 5.75 Å². The quantitative estimate of drug-likeness (QED) is 0.455. The number of carbonyl (C=O) groups is 2. The summed E-state index contributed by atoms with van der Waals surface area (Å²) in [5, 5.41) is 12.9. The Balaban J connectivity index is 1.09. The second kappa shape index (κ2) is 10.8. The third kappa shape index (κ3) is 5.36. The van der Waals surface area contributed by atoms with Crippen molar-refractivity contribution in [3.05, 3.63) is 75.8 Å². The van der Waals surface area contributed by atoms with Gasteiger partial charge >= 0.3 is 0 Å². The Morgan fingerprint density at radius 2 is 1.46 bits per heavy atom. The van der Waals surface area contributed by atoms with E-state index in [1.165, 1.54) is 4.90 Å². The molecule has 194 valence electrons. The highest BCUT2D eigenvalue weighted by Gasteiger charge is 2.33. The molecule has 8 heteroatoms. The molecular weight excluding hydrogens is 490 g/mol. The third-order valence-corrected chi connectivity index (χ3v) is 7.88. The lowest BCUT2D eigenvalue weighted by molar-refractivity contribution is 0.0416. The lowest BCUT2D eigenvalue weighted by atomic mass is 9.94. The number of amides is 2. The first kappa shape index (κ1) is 25.7. The van der Waals surface area contributed by atoms with E-state index in [9.17, 15) is 14.7 Å². The highest BCUT2D eigenvalue weighted by Crippen LogP contribution is 2.30. The number of halogens is 1. The Kier molecular flexibility index (Phi) is 7.49. The molecule has 1 saturated heterocycles. The van der Waals surface area contributed by atoms with Crippen molar-refractivity contribution in [2.45, 2.75) is 20.0 Å². The van der Waals surface area contributed by atoms with Crippen LogP contribution in [-0.4, -0.2) is 90.1 Å². The van der Waals surface area contributed by atoms with E-state index in [1.807, 2.05) is 50.2 Å². The van der Waals surface area contributed by atoms with Crippen LogP contribution in [0.2, 0.25) is 5.02 Å². The van der Waals surface area contributed by atoms with Gasteiger partial charge in [0.2, 0.25) is 0 Å². The maximum Gasteiger partial charge on any atom is 0.261 e. The van der Waals surface area contributed by atoms with E-state index in [0.29, 0.717) is 36.5 Å². The van der Waals surface area contributed by atoms with Gasteiger partial charge in [-0.05, 0) is 54.6 Å². The van der Waals surface area contributed by atoms with Crippen molar-refractivity contribution in [1.82, 2.24) is 14.7 Å². The van der Waals surface area contributed by atoms with Gasteiger partial charge < -0.3 is 9.84 Å². The van der Waals surface area contributed by atoms with Gasteiger partial charge in [-0.3, -0.25) is 24.3 Å². The zero-order valence-electron chi connectivity index (χ0n) is 21.2. The van der Waals surface area contributed by atoms with Crippen molar-refractivity contribution >= 4 is 34.2 Å². The van der Waals surface area contributed by atoms with Crippen LogP contribution in [-0.2, 0) is 0 Å². The number of hydrogen-bond donors (Lipinski definition) is 1. The van der Waals surface area contributed by atoms with E-state index in [1.54, 1.807) is 12.1 Å². The van der Waals surface area contributed by atoms with Crippen LogP contribution in [0.25, 0.3) is 10.8 Å². The molecule has 1 fully saturated rings. The zero-order chi connectivity index (χ0) is 26.1. The molecule has 0 spiro atoms. The minimum Gasteiger partial charge on any atom is -0.491 e. The van der Waals surface area contributed by atoms with Crippen molar-refractivity contribution < 1.29 is 19.4 Å². The third-order valence-electron chi connectivity index (χ3n) is 7.28. The van der Waals surface area contributed by atoms with Gasteiger partial charge in [0, 0.05) is 67.3 Å². The SMILES string of the molecule is Cc1cc(OC[C@H](O)CN2CCN(CCN3C(=O)c4cccc5cccc(c45)C3=O)CC2)cc(C)c1Cl. The van der Waals surface area contributed by atoms with Crippen molar-refractivity contribution in [1.29, 1.82) is 0 Å². The van der Waals surface area contributed by atoms with Crippen LogP contribution in [0.1, 0.15) is 31.8 Å². The normalized spacial score (nSPS) is 17.5. The largest absolute Gasteiger partial charge is 0.491 e. The van der Waals surface area contributed by atoms with Crippen LogP contribution >= 0.6 is 11.6 Å². The number of imide groups is 1. The standard InChI is InChI=1S/C29H32ClN3O4/c1-19-15-23(16-20(2)27(19)30)37-18-22(34)17-32-11-9-31(10-12-32)13-14-33-28(35)24-7-3-5-21-6-4-8-25(26(21)24)29(33)36/h3-8,15-16,22,34H,9-14,17-18H2,1-2H3/t22-/m1/s1. The first-order chi connectivity index (χ1) is 17.8. The van der Waals surface area contributed by atoms with Crippen LogP contribution in [0.15, 0.2) is 48.5 Å². The van der Waals surface area contributed by atoms with Gasteiger partial charge in [0.1, 0.15) is 18.5 Å². The lowest BCUT2D eigenvalue weighted by Gasteiger charge is -2.36. The van der Waals surface area contributed by atoms with E-state index < -0.39 is 6.10 Å². The molecule has 0 aliphatic carbocycles. The summed E-state index contributed by atoms with van der Waals surface area (Å²) >= 11 is 6.22. The van der Waals surface area contributed by atoms with Gasteiger partial charge in [-0.1, -0.05) is 35.9 Å². The van der Waals surface area contributed by atoms with E-state index >= 15 is 0 Å². The minimum atomic E-state index is -0.603. The molecule has 2 heterocycles. The molecule has 7 nitrogen and oxygen atoms in total. The summed E-state index contributed by atoms with van der Waals surface area (Å²) in [5.74, 6) is 0.271. The predicted molar refractivity (Wildman–Crippen MR) is 145 cm³/mol. The first-order valence-corrected chi connectivity index (χ1v) is 13.1. The fourth-order valence-corrected chi connectivity index (χ4v) is 5.36. The molecule has 1 N–H and O–H groups in total. The second-order valence-corrected chi connectivity index (χ2v) is 10.3. The molecule has 0 radical (unpaired) electrons. The number of hydrogen-bond acceptors (Lipinski definition) is 6. The lowest BCUT2D eigenvalue weighted by Crippen LogP contribution is -2.51. The molecule has 1 atom stereocenters. The van der Waals surface area contributed by atoms with Gasteiger partial charge in [-0.2, -0.15) is 0 Å². The molecule has 2 aliphatic heterocycles. The molecule has 3 aromatic rings. The molecule has 0 saturated carbocycles. The fraction of sp³-hybridized carbons (Fsp3) is 0.379. The van der Waals surface area contributed by atoms with Crippen LogP contribution < -0.4 is 4.74 Å². The summed E-state index contributed by atoms with van der Waals surface area (Å²) < 4.78 is 5.80. The number of nitrogens with zero attached hydrogens (tertiary/aromatic N) is 3. The van der Waals surface area contributed by atoms with E-state index in [4.69, 9.17) is 16.3 Å². The monoisotopic (exact) mass is 521 g/mol. The Hall–Kier alpha value is -2.97. The maximum absolute atomic E-state index is 13.1. The van der Waals surface area contributed by atoms with Crippen molar-refractivity contribution in [3.63, 3.8) is 0 Å². The van der Waals surface area contributed by atoms with Crippen LogP contribution in [0.3, 0.4) is 0 Å². The number of benzene rings is 3. The van der Waals surface area contributed by atoms with Gasteiger partial charge in [0.25, 0.3) is 11.8 Å². The summed E-state index contributed by atoms with van der Waals surface area (Å²) in [6.07, 6.45) is -0.603. The Bertz CT molecular complexity index is 1260. The molecule has 2 amide bonds. The fourth-order valence-electron chi connectivity index (χ4n) is 5.25. The topological polar surface area (TPSA) is 73.3 Å². The zero-order valence-corrected chi connectivity index (χ0v) is 22.0. The van der Waals surface area contributed by atoms with Crippen LogP contribution in [0, 0.1) is 13.8 Å². The minimum absolute atomic E-state index is 0.216. The van der Waals surface area contributed by atoms with Gasteiger partial charge in [-0.25, -0.2) is 0 Å². The highest BCUT2D eigenvalue weighted by atomic mass is 35.5. The summed E-state index contributed by atoms with van der Waals surface area (Å²) in [4.78, 5) is 32.1. The number of β-amino-alcohol motifs (C(OH)–C–C–N with tert-alkyl or cyclic N) is 1. The van der Waals surface area contributed by atoms with E-state index in [-0.39, 0.29) is 18.4 Å². The number of aliphatic hydroxyl groups excluding tert-OH is 1. The molecule has 0 bridgehead atoms. The van der Waals surface area contributed by atoms with Crippen LogP contribution in [0.4, 0.5) is 0 Å². The summed E-state index contributed by atoms with van der Waals surface area (Å²) in [6, 6.07) is 15.0. The smallest absolute Gasteiger partial charge is 0.261 e. The molecule has 0 aromatic heterocycles. The number of ether oxygens (including phenoxy) is 1. The number of aliphatic hydroxyl groups is 1. The van der Waals surface area contributed by atoms with Crippen molar-refractivity contribution in [3.8, 4) is 5.75 Å². The number of aryl methyl sites for hydroxylation is 2. The number of carbonyl (C=O) groups excluding carboxylic acids is 2. The molecule has 5 rings (SSSR count). The van der Waals surface area contributed by atoms with Gasteiger partial charge in [0.05, 0.1) is 0 Å². The van der Waals surface area contributed by atoms with Gasteiger partial charge in [0.15, 0.2) is 0 Å². The Morgan fingerprint density at radius 1 is 0.892 bits per heavy atom. The van der Waals surface area contributed by atoms with Crippen molar-refractivity contribution in [2.75, 3.05) is 52.4 Å². The molecule has 2 aliphatic rings. The summed E-state index contributed by atoms with van der Waals surface area (Å²) in [5.41, 5.74) is 3.10. The average Bonchev–Trinajstić information content (AvgIpc) is 2.90. The maximum atomic E-state index is 13.1. The molecule has 37 heavy (non-hydrogen) atoms. The highest BCUT2D eigenvalue weighted by molar-refractivity contribution is 6.32. The van der Waals surface area contributed by atoms with E-state index in [0.717, 1.165) is 53.1 Å². The average molecular weight is 522 g/mol. The molecular formula is C29H32ClN3O4. The second-order valence-electron chi connectivity index (χ2n) is 9.95. The Morgan fingerprint density at radius 3 is 2.05 bits per heavy atom. The Labute approximate surface area is 222 Å². The number of piperazine rings is 1. The van der Waals surface area contributed by atoms with E-state index in [2.05, 4.69) is 9.80 Å². The molecule has 3 aromatic carbocycles. The summed E-state index contributed by atoms with van der Waals surface area (Å²) in [6.45, 7) is 8.85. The number of rotatable bonds is 8.